The van der Waals surface area contributed by atoms with Crippen LogP contribution in [0.15, 0.2) is 18.2 Å². The molecule has 0 saturated heterocycles. The first-order valence-corrected chi connectivity index (χ1v) is 5.51. The van der Waals surface area contributed by atoms with Gasteiger partial charge in [-0.3, -0.25) is 4.79 Å². The second-order valence-corrected chi connectivity index (χ2v) is 3.85. The maximum absolute atomic E-state index is 10.8. The molecule has 1 aromatic carbocycles. The second kappa shape index (κ2) is 5.18. The minimum Gasteiger partial charge on any atom is -0.298 e. The van der Waals surface area contributed by atoms with Crippen molar-refractivity contribution in [2.24, 2.45) is 0 Å². The third-order valence-electron chi connectivity index (χ3n) is 2.11. The molecule has 0 bridgehead atoms. The molecule has 0 unspecified atom stereocenters. The van der Waals surface area contributed by atoms with Crippen molar-refractivity contribution in [3.63, 3.8) is 0 Å². The average Bonchev–Trinajstić information content (AvgIpc) is 2.15. The van der Waals surface area contributed by atoms with Crippen LogP contribution in [0.2, 0.25) is 0 Å². The van der Waals surface area contributed by atoms with Crippen LogP contribution < -0.4 is 0 Å². The Labute approximate surface area is 87.3 Å². The smallest absolute Gasteiger partial charge is 0.150 e. The maximum Gasteiger partial charge on any atom is 0.150 e. The first-order valence-electron chi connectivity index (χ1n) is 4.39. The van der Waals surface area contributed by atoms with Crippen molar-refractivity contribution in [2.45, 2.75) is 19.8 Å². The number of carbonyl (C=O) groups is 1. The standard InChI is InChI=1S/C11H13BrO/c1-9-4-2-5-10(6-3-7-12)11(9)8-13/h2,4-5,8H,3,6-7H2,1H3. The molecule has 0 aliphatic rings. The highest BCUT2D eigenvalue weighted by atomic mass is 79.9. The molecule has 0 radical (unpaired) electrons. The Bertz CT molecular complexity index is 294. The molecule has 13 heavy (non-hydrogen) atoms. The minimum absolute atomic E-state index is 0.864. The number of aryl methyl sites for hydroxylation is 2. The Hall–Kier alpha value is -0.630. The van der Waals surface area contributed by atoms with Gasteiger partial charge in [0, 0.05) is 10.9 Å². The number of alkyl halides is 1. The number of hydrogen-bond donors (Lipinski definition) is 0. The van der Waals surface area contributed by atoms with E-state index in [-0.39, 0.29) is 0 Å². The van der Waals surface area contributed by atoms with Gasteiger partial charge in [-0.1, -0.05) is 34.1 Å². The van der Waals surface area contributed by atoms with E-state index < -0.39 is 0 Å². The van der Waals surface area contributed by atoms with Crippen LogP contribution in [-0.2, 0) is 6.42 Å². The van der Waals surface area contributed by atoms with E-state index in [1.165, 1.54) is 0 Å². The lowest BCUT2D eigenvalue weighted by molar-refractivity contribution is 0.112. The molecule has 0 fully saturated rings. The Morgan fingerprint density at radius 3 is 2.85 bits per heavy atom. The van der Waals surface area contributed by atoms with Crippen LogP contribution in [0.4, 0.5) is 0 Å². The van der Waals surface area contributed by atoms with Gasteiger partial charge in [-0.25, -0.2) is 0 Å². The Morgan fingerprint density at radius 2 is 2.23 bits per heavy atom. The van der Waals surface area contributed by atoms with Crippen molar-refractivity contribution in [1.29, 1.82) is 0 Å². The van der Waals surface area contributed by atoms with Gasteiger partial charge in [0.2, 0.25) is 0 Å². The minimum atomic E-state index is 0.864. The average molecular weight is 241 g/mol. The molecule has 0 saturated carbocycles. The Balaban J connectivity index is 2.91. The summed E-state index contributed by atoms with van der Waals surface area (Å²) >= 11 is 3.38. The zero-order valence-corrected chi connectivity index (χ0v) is 9.30. The molecule has 0 heterocycles. The number of carbonyl (C=O) groups excluding carboxylic acids is 1. The van der Waals surface area contributed by atoms with Crippen molar-refractivity contribution in [2.75, 3.05) is 5.33 Å². The first-order chi connectivity index (χ1) is 6.29. The van der Waals surface area contributed by atoms with Crippen molar-refractivity contribution >= 4 is 22.2 Å². The molecule has 2 heteroatoms. The van der Waals surface area contributed by atoms with Crippen molar-refractivity contribution in [3.8, 4) is 0 Å². The van der Waals surface area contributed by atoms with Gasteiger partial charge in [0.1, 0.15) is 0 Å². The van der Waals surface area contributed by atoms with Gasteiger partial charge in [0.05, 0.1) is 0 Å². The Morgan fingerprint density at radius 1 is 1.46 bits per heavy atom. The molecular formula is C11H13BrO. The van der Waals surface area contributed by atoms with Crippen LogP contribution in [-0.4, -0.2) is 11.6 Å². The SMILES string of the molecule is Cc1cccc(CCCBr)c1C=O. The molecule has 0 atom stereocenters. The lowest BCUT2D eigenvalue weighted by Crippen LogP contribution is -1.96. The molecule has 0 amide bonds. The molecule has 1 nitrogen and oxygen atoms in total. The number of hydrogen-bond acceptors (Lipinski definition) is 1. The summed E-state index contributed by atoms with van der Waals surface area (Å²) in [5, 5.41) is 0.985. The molecule has 70 valence electrons. The topological polar surface area (TPSA) is 17.1 Å². The quantitative estimate of drug-likeness (QED) is 0.584. The van der Waals surface area contributed by atoms with Gasteiger partial charge < -0.3 is 0 Å². The van der Waals surface area contributed by atoms with Crippen molar-refractivity contribution in [3.05, 3.63) is 34.9 Å². The fraction of sp³-hybridized carbons (Fsp3) is 0.364. The van der Waals surface area contributed by atoms with Gasteiger partial charge in [-0.2, -0.15) is 0 Å². The molecule has 0 spiro atoms. The van der Waals surface area contributed by atoms with E-state index in [1.54, 1.807) is 0 Å². The highest BCUT2D eigenvalue weighted by molar-refractivity contribution is 9.09. The summed E-state index contributed by atoms with van der Waals surface area (Å²) in [5.41, 5.74) is 3.10. The summed E-state index contributed by atoms with van der Waals surface area (Å²) in [4.78, 5) is 10.8. The zero-order chi connectivity index (χ0) is 9.68. The van der Waals surface area contributed by atoms with E-state index in [2.05, 4.69) is 15.9 Å². The molecular weight excluding hydrogens is 228 g/mol. The van der Waals surface area contributed by atoms with E-state index in [0.29, 0.717) is 0 Å². The fourth-order valence-corrected chi connectivity index (χ4v) is 1.67. The fourth-order valence-electron chi connectivity index (χ4n) is 1.39. The number of benzene rings is 1. The zero-order valence-electron chi connectivity index (χ0n) is 7.72. The van der Waals surface area contributed by atoms with Gasteiger partial charge >= 0.3 is 0 Å². The maximum atomic E-state index is 10.8. The largest absolute Gasteiger partial charge is 0.298 e. The summed E-state index contributed by atoms with van der Waals surface area (Å²) in [6.07, 6.45) is 3.00. The normalized spacial score (nSPS) is 10.0. The van der Waals surface area contributed by atoms with Crippen LogP contribution >= 0.6 is 15.9 Å². The summed E-state index contributed by atoms with van der Waals surface area (Å²) in [6.45, 7) is 1.97. The van der Waals surface area contributed by atoms with Crippen LogP contribution in [0, 0.1) is 6.92 Å². The third kappa shape index (κ3) is 2.66. The van der Waals surface area contributed by atoms with Gasteiger partial charge in [-0.05, 0) is 30.9 Å². The molecule has 1 aromatic rings. The van der Waals surface area contributed by atoms with E-state index in [0.717, 1.165) is 41.1 Å². The molecule has 0 N–H and O–H groups in total. The lowest BCUT2D eigenvalue weighted by atomic mass is 10.00. The van der Waals surface area contributed by atoms with Crippen molar-refractivity contribution in [1.82, 2.24) is 0 Å². The van der Waals surface area contributed by atoms with Crippen LogP contribution in [0.3, 0.4) is 0 Å². The van der Waals surface area contributed by atoms with Gasteiger partial charge in [0.25, 0.3) is 0 Å². The summed E-state index contributed by atoms with van der Waals surface area (Å²) in [6, 6.07) is 6.01. The number of rotatable bonds is 4. The summed E-state index contributed by atoms with van der Waals surface area (Å²) in [7, 11) is 0. The van der Waals surface area contributed by atoms with Crippen LogP contribution in [0.5, 0.6) is 0 Å². The van der Waals surface area contributed by atoms with E-state index in [1.807, 2.05) is 25.1 Å². The highest BCUT2D eigenvalue weighted by Crippen LogP contribution is 2.14. The molecule has 0 aromatic heterocycles. The highest BCUT2D eigenvalue weighted by Gasteiger charge is 2.03. The van der Waals surface area contributed by atoms with Crippen LogP contribution in [0.25, 0.3) is 0 Å². The molecule has 0 aliphatic heterocycles. The van der Waals surface area contributed by atoms with Crippen molar-refractivity contribution < 1.29 is 4.79 Å². The lowest BCUT2D eigenvalue weighted by Gasteiger charge is -2.05. The monoisotopic (exact) mass is 240 g/mol. The summed E-state index contributed by atoms with van der Waals surface area (Å²) < 4.78 is 0. The Kier molecular flexibility index (Phi) is 4.16. The predicted octanol–water partition coefficient (Wildman–Crippen LogP) is 3.14. The van der Waals surface area contributed by atoms with E-state index >= 15 is 0 Å². The third-order valence-corrected chi connectivity index (χ3v) is 2.67. The second-order valence-electron chi connectivity index (χ2n) is 3.06. The predicted molar refractivity (Wildman–Crippen MR) is 58.7 cm³/mol. The number of aldehydes is 1. The van der Waals surface area contributed by atoms with Gasteiger partial charge in [0.15, 0.2) is 6.29 Å². The van der Waals surface area contributed by atoms with Crippen LogP contribution in [0.1, 0.15) is 27.9 Å². The van der Waals surface area contributed by atoms with Gasteiger partial charge in [-0.15, -0.1) is 0 Å². The molecule has 0 aliphatic carbocycles. The van der Waals surface area contributed by atoms with E-state index in [9.17, 15) is 4.79 Å². The molecule has 1 rings (SSSR count). The summed E-state index contributed by atoms with van der Waals surface area (Å²) in [5.74, 6) is 0. The number of halogens is 1. The van der Waals surface area contributed by atoms with E-state index in [4.69, 9.17) is 0 Å². The first kappa shape index (κ1) is 10.5.